The van der Waals surface area contributed by atoms with Gasteiger partial charge in [-0.2, -0.15) is 0 Å². The smallest absolute Gasteiger partial charge is 0.250 e. The average molecular weight is 315 g/mol. The number of hydrogen-bond acceptors (Lipinski definition) is 3. The molecule has 0 aliphatic heterocycles. The molecule has 0 saturated heterocycles. The third-order valence-corrected chi connectivity index (χ3v) is 3.03. The van der Waals surface area contributed by atoms with Crippen LogP contribution in [0.1, 0.15) is 10.4 Å². The summed E-state index contributed by atoms with van der Waals surface area (Å²) in [5.74, 6) is -1.61. The first-order valence-corrected chi connectivity index (χ1v) is 6.16. The van der Waals surface area contributed by atoms with E-state index < -0.39 is 11.7 Å². The van der Waals surface area contributed by atoms with Crippen molar-refractivity contribution in [1.29, 1.82) is 0 Å². The summed E-state index contributed by atoms with van der Waals surface area (Å²) in [6.45, 7) is 0. The minimum Gasteiger partial charge on any atom is -0.453 e. The van der Waals surface area contributed by atoms with Crippen molar-refractivity contribution in [3.63, 3.8) is 0 Å². The van der Waals surface area contributed by atoms with Crippen LogP contribution in [-0.4, -0.2) is 5.91 Å². The Morgan fingerprint density at radius 2 is 1.85 bits per heavy atom. The molecule has 0 fully saturated rings. The van der Waals surface area contributed by atoms with E-state index in [0.29, 0.717) is 5.02 Å². The first kappa shape index (κ1) is 14.4. The Morgan fingerprint density at radius 3 is 2.50 bits per heavy atom. The number of primary amides is 1. The lowest BCUT2D eigenvalue weighted by Crippen LogP contribution is -2.14. The van der Waals surface area contributed by atoms with Gasteiger partial charge in [0.1, 0.15) is 5.75 Å². The summed E-state index contributed by atoms with van der Waals surface area (Å²) in [4.78, 5) is 11.2. The number of hydrogen-bond donors (Lipinski definition) is 2. The molecular formula is C13H9Cl2FN2O2. The number of nitrogen functional groups attached to an aromatic ring is 1. The van der Waals surface area contributed by atoms with Crippen LogP contribution in [0.5, 0.6) is 11.5 Å². The highest BCUT2D eigenvalue weighted by Crippen LogP contribution is 2.34. The fourth-order valence-electron chi connectivity index (χ4n) is 1.53. The van der Waals surface area contributed by atoms with Gasteiger partial charge < -0.3 is 16.2 Å². The van der Waals surface area contributed by atoms with E-state index in [-0.39, 0.29) is 27.8 Å². The summed E-state index contributed by atoms with van der Waals surface area (Å²) in [6, 6.07) is 6.55. The van der Waals surface area contributed by atoms with Crippen LogP contribution < -0.4 is 16.2 Å². The van der Waals surface area contributed by atoms with Gasteiger partial charge in [0, 0.05) is 22.8 Å². The normalized spacial score (nSPS) is 10.3. The van der Waals surface area contributed by atoms with E-state index in [2.05, 4.69) is 0 Å². The van der Waals surface area contributed by atoms with Gasteiger partial charge in [0.05, 0.1) is 10.6 Å². The molecule has 0 heterocycles. The Bertz CT molecular complexity index is 692. The molecule has 2 aromatic rings. The molecule has 0 radical (unpaired) electrons. The summed E-state index contributed by atoms with van der Waals surface area (Å²) in [6.07, 6.45) is 0. The SMILES string of the molecule is NC(=O)c1cc(Oc2cc(Cl)ccc2Cl)c(F)cc1N. The molecule has 0 saturated carbocycles. The molecule has 0 aliphatic rings. The fraction of sp³-hybridized carbons (Fsp3) is 0. The van der Waals surface area contributed by atoms with Crippen LogP contribution in [0.25, 0.3) is 0 Å². The number of rotatable bonds is 3. The molecular weight excluding hydrogens is 306 g/mol. The molecule has 104 valence electrons. The maximum absolute atomic E-state index is 13.8. The third-order valence-electron chi connectivity index (χ3n) is 2.48. The molecule has 0 atom stereocenters. The van der Waals surface area contributed by atoms with E-state index in [1.54, 1.807) is 6.07 Å². The minimum atomic E-state index is -0.787. The summed E-state index contributed by atoms with van der Waals surface area (Å²) in [7, 11) is 0. The van der Waals surface area contributed by atoms with Gasteiger partial charge >= 0.3 is 0 Å². The predicted molar refractivity (Wildman–Crippen MR) is 75.9 cm³/mol. The van der Waals surface area contributed by atoms with E-state index >= 15 is 0 Å². The van der Waals surface area contributed by atoms with Crippen molar-refractivity contribution >= 4 is 34.8 Å². The lowest BCUT2D eigenvalue weighted by Gasteiger charge is -2.11. The van der Waals surface area contributed by atoms with Crippen LogP contribution in [-0.2, 0) is 0 Å². The molecule has 1 amide bonds. The zero-order chi connectivity index (χ0) is 14.9. The van der Waals surface area contributed by atoms with E-state index in [4.69, 9.17) is 39.4 Å². The maximum Gasteiger partial charge on any atom is 0.250 e. The van der Waals surface area contributed by atoms with Crippen molar-refractivity contribution in [2.45, 2.75) is 0 Å². The lowest BCUT2D eigenvalue weighted by atomic mass is 10.1. The minimum absolute atomic E-state index is 0.0421. The highest BCUT2D eigenvalue weighted by molar-refractivity contribution is 6.34. The highest BCUT2D eigenvalue weighted by Gasteiger charge is 2.14. The molecule has 0 unspecified atom stereocenters. The highest BCUT2D eigenvalue weighted by atomic mass is 35.5. The van der Waals surface area contributed by atoms with Crippen LogP contribution in [0.2, 0.25) is 10.0 Å². The van der Waals surface area contributed by atoms with Crippen molar-refractivity contribution < 1.29 is 13.9 Å². The maximum atomic E-state index is 13.8. The number of carbonyl (C=O) groups is 1. The third kappa shape index (κ3) is 2.95. The van der Waals surface area contributed by atoms with Crippen LogP contribution in [0.15, 0.2) is 30.3 Å². The Morgan fingerprint density at radius 1 is 1.15 bits per heavy atom. The standard InChI is InChI=1S/C13H9Cl2FN2O2/c14-6-1-2-8(15)11(3-6)20-12-4-7(13(18)19)10(17)5-9(12)16/h1-5H,17H2,(H2,18,19). The molecule has 0 spiro atoms. The van der Waals surface area contributed by atoms with E-state index in [0.717, 1.165) is 12.1 Å². The van der Waals surface area contributed by atoms with Crippen molar-refractivity contribution in [3.8, 4) is 11.5 Å². The van der Waals surface area contributed by atoms with Gasteiger partial charge in [0.2, 0.25) is 0 Å². The number of ether oxygens (including phenoxy) is 1. The number of amides is 1. The van der Waals surface area contributed by atoms with Gasteiger partial charge in [-0.25, -0.2) is 4.39 Å². The Labute approximate surface area is 124 Å². The Hall–Kier alpha value is -1.98. The monoisotopic (exact) mass is 314 g/mol. The van der Waals surface area contributed by atoms with Gasteiger partial charge in [0.15, 0.2) is 11.6 Å². The van der Waals surface area contributed by atoms with Crippen LogP contribution in [0, 0.1) is 5.82 Å². The zero-order valence-corrected chi connectivity index (χ0v) is 11.5. The molecule has 0 aliphatic carbocycles. The Kier molecular flexibility index (Phi) is 4.01. The van der Waals surface area contributed by atoms with Crippen LogP contribution in [0.3, 0.4) is 0 Å². The summed E-state index contributed by atoms with van der Waals surface area (Å²) < 4.78 is 19.1. The van der Waals surface area contributed by atoms with Crippen molar-refractivity contribution in [2.75, 3.05) is 5.73 Å². The summed E-state index contributed by atoms with van der Waals surface area (Å²) in [5, 5.41) is 0.613. The number of nitrogens with two attached hydrogens (primary N) is 2. The Balaban J connectivity index is 2.45. The van der Waals surface area contributed by atoms with Gasteiger partial charge in [-0.3, -0.25) is 4.79 Å². The number of halogens is 3. The van der Waals surface area contributed by atoms with Crippen LogP contribution >= 0.6 is 23.2 Å². The van der Waals surface area contributed by atoms with Crippen molar-refractivity contribution in [2.24, 2.45) is 5.73 Å². The molecule has 4 N–H and O–H groups in total. The summed E-state index contributed by atoms with van der Waals surface area (Å²) in [5.41, 5.74) is 10.5. The lowest BCUT2D eigenvalue weighted by molar-refractivity contribution is 0.100. The number of anilines is 1. The van der Waals surface area contributed by atoms with E-state index in [1.165, 1.54) is 12.1 Å². The second-order valence-electron chi connectivity index (χ2n) is 3.91. The largest absolute Gasteiger partial charge is 0.453 e. The quantitative estimate of drug-likeness (QED) is 0.849. The summed E-state index contributed by atoms with van der Waals surface area (Å²) >= 11 is 11.7. The van der Waals surface area contributed by atoms with Crippen molar-refractivity contribution in [3.05, 3.63) is 51.8 Å². The average Bonchev–Trinajstić information content (AvgIpc) is 2.36. The first-order valence-electron chi connectivity index (χ1n) is 5.40. The number of carbonyl (C=O) groups excluding carboxylic acids is 1. The zero-order valence-electron chi connectivity index (χ0n) is 9.99. The van der Waals surface area contributed by atoms with Crippen LogP contribution in [0.4, 0.5) is 10.1 Å². The number of benzene rings is 2. The van der Waals surface area contributed by atoms with Gasteiger partial charge in [-0.15, -0.1) is 0 Å². The molecule has 4 nitrogen and oxygen atoms in total. The molecule has 20 heavy (non-hydrogen) atoms. The van der Waals surface area contributed by atoms with E-state index in [1.807, 2.05) is 0 Å². The molecule has 0 bridgehead atoms. The van der Waals surface area contributed by atoms with Gasteiger partial charge in [0.25, 0.3) is 5.91 Å². The first-order chi connectivity index (χ1) is 9.38. The second kappa shape index (κ2) is 5.56. The molecule has 7 heteroatoms. The van der Waals surface area contributed by atoms with Gasteiger partial charge in [-0.05, 0) is 18.2 Å². The molecule has 0 aromatic heterocycles. The van der Waals surface area contributed by atoms with E-state index in [9.17, 15) is 9.18 Å². The fourth-order valence-corrected chi connectivity index (χ4v) is 1.85. The molecule has 2 rings (SSSR count). The second-order valence-corrected chi connectivity index (χ2v) is 4.75. The van der Waals surface area contributed by atoms with Gasteiger partial charge in [-0.1, -0.05) is 23.2 Å². The predicted octanol–water partition coefficient (Wildman–Crippen LogP) is 3.61. The molecule has 2 aromatic carbocycles. The topological polar surface area (TPSA) is 78.3 Å². The van der Waals surface area contributed by atoms with Crippen molar-refractivity contribution in [1.82, 2.24) is 0 Å².